The molecule has 116 valence electrons. The Bertz CT molecular complexity index is 546. The van der Waals surface area contributed by atoms with Gasteiger partial charge in [-0.2, -0.15) is 0 Å². The van der Waals surface area contributed by atoms with Gasteiger partial charge in [-0.05, 0) is 43.4 Å². The quantitative estimate of drug-likeness (QED) is 0.751. The Morgan fingerprint density at radius 1 is 1.29 bits per heavy atom. The van der Waals surface area contributed by atoms with Crippen molar-refractivity contribution >= 4 is 23.2 Å². The van der Waals surface area contributed by atoms with Crippen molar-refractivity contribution in [2.24, 2.45) is 5.92 Å². The maximum atomic E-state index is 6.38. The Morgan fingerprint density at radius 2 is 2.05 bits per heavy atom. The Labute approximate surface area is 136 Å². The summed E-state index contributed by atoms with van der Waals surface area (Å²) in [6, 6.07) is 5.65. The summed E-state index contributed by atoms with van der Waals surface area (Å²) in [4.78, 5) is 0. The van der Waals surface area contributed by atoms with E-state index in [-0.39, 0.29) is 17.3 Å². The van der Waals surface area contributed by atoms with E-state index < -0.39 is 0 Å². The van der Waals surface area contributed by atoms with E-state index in [1.807, 2.05) is 18.2 Å². The van der Waals surface area contributed by atoms with E-state index >= 15 is 0 Å². The van der Waals surface area contributed by atoms with Crippen molar-refractivity contribution in [1.82, 2.24) is 0 Å². The highest BCUT2D eigenvalue weighted by atomic mass is 35.5. The molecule has 2 heterocycles. The van der Waals surface area contributed by atoms with Gasteiger partial charge in [-0.1, -0.05) is 43.1 Å². The van der Waals surface area contributed by atoms with Crippen molar-refractivity contribution in [3.8, 4) is 0 Å². The summed E-state index contributed by atoms with van der Waals surface area (Å²) in [6.07, 6.45) is 3.37. The first-order valence-electron chi connectivity index (χ1n) is 7.60. The number of fused-ring (bicyclic) bond motifs is 2. The van der Waals surface area contributed by atoms with Crippen LogP contribution in [0.4, 0.5) is 0 Å². The Hall–Kier alpha value is -0.280. The van der Waals surface area contributed by atoms with Gasteiger partial charge >= 0.3 is 0 Å². The van der Waals surface area contributed by atoms with Crippen molar-refractivity contribution < 1.29 is 9.47 Å². The van der Waals surface area contributed by atoms with Crippen LogP contribution in [0.2, 0.25) is 10.0 Å². The van der Waals surface area contributed by atoms with Crippen molar-refractivity contribution in [3.05, 3.63) is 33.8 Å². The normalized spacial score (nSPS) is 34.9. The minimum atomic E-state index is -0.138. The highest BCUT2D eigenvalue weighted by molar-refractivity contribution is 6.42. The first-order chi connectivity index (χ1) is 9.85. The lowest BCUT2D eigenvalue weighted by molar-refractivity contribution is -0.0959. The summed E-state index contributed by atoms with van der Waals surface area (Å²) < 4.78 is 12.5. The van der Waals surface area contributed by atoms with Crippen LogP contribution in [0.25, 0.3) is 0 Å². The summed E-state index contributed by atoms with van der Waals surface area (Å²) in [6.45, 7) is 7.22. The number of rotatable bonds is 4. The molecule has 1 aromatic carbocycles. The molecule has 0 aromatic heterocycles. The van der Waals surface area contributed by atoms with E-state index in [4.69, 9.17) is 32.7 Å². The molecular formula is C17H22Cl2O2. The molecule has 2 fully saturated rings. The van der Waals surface area contributed by atoms with Gasteiger partial charge in [0.2, 0.25) is 0 Å². The summed E-state index contributed by atoms with van der Waals surface area (Å²) in [5, 5.41) is 1.15. The first kappa shape index (κ1) is 15.6. The highest BCUT2D eigenvalue weighted by Gasteiger charge is 2.60. The molecule has 21 heavy (non-hydrogen) atoms. The molecule has 0 N–H and O–H groups in total. The van der Waals surface area contributed by atoms with Crippen molar-refractivity contribution in [3.63, 3.8) is 0 Å². The van der Waals surface area contributed by atoms with E-state index in [9.17, 15) is 0 Å². The largest absolute Gasteiger partial charge is 0.370 e. The van der Waals surface area contributed by atoms with Crippen LogP contribution in [0.1, 0.15) is 45.6 Å². The lowest BCUT2D eigenvalue weighted by atomic mass is 9.75. The molecule has 2 aliphatic heterocycles. The topological polar surface area (TPSA) is 18.5 Å². The molecule has 1 aromatic rings. The van der Waals surface area contributed by atoms with Gasteiger partial charge in [0, 0.05) is 6.42 Å². The standard InChI is InChI=1S/C17H22Cl2O2/c1-11(2)17-7-6-16(3,21-17)15(9-17)20-10-12-4-5-13(18)14(19)8-12/h4-5,8,11,15H,6-7,9-10H2,1-3H3. The monoisotopic (exact) mass is 328 g/mol. The Balaban J connectivity index is 1.68. The molecule has 3 atom stereocenters. The van der Waals surface area contributed by atoms with E-state index in [0.717, 1.165) is 24.8 Å². The van der Waals surface area contributed by atoms with E-state index in [0.29, 0.717) is 22.6 Å². The van der Waals surface area contributed by atoms with Gasteiger partial charge in [0.05, 0.1) is 34.0 Å². The number of hydrogen-bond donors (Lipinski definition) is 0. The predicted molar refractivity (Wildman–Crippen MR) is 85.9 cm³/mol. The summed E-state index contributed by atoms with van der Waals surface area (Å²) in [5.74, 6) is 0.526. The molecule has 3 unspecified atom stereocenters. The number of hydrogen-bond acceptors (Lipinski definition) is 2. The molecule has 0 radical (unpaired) electrons. The van der Waals surface area contributed by atoms with E-state index in [1.165, 1.54) is 0 Å². The molecule has 2 saturated heterocycles. The van der Waals surface area contributed by atoms with E-state index in [2.05, 4.69) is 20.8 Å². The third-order valence-electron chi connectivity index (χ3n) is 5.18. The van der Waals surface area contributed by atoms with Gasteiger partial charge in [-0.25, -0.2) is 0 Å². The molecule has 0 spiro atoms. The zero-order chi connectivity index (χ0) is 15.3. The second-order valence-electron chi connectivity index (χ2n) is 6.89. The number of benzene rings is 1. The van der Waals surface area contributed by atoms with Crippen LogP contribution in [0.5, 0.6) is 0 Å². The van der Waals surface area contributed by atoms with Gasteiger partial charge < -0.3 is 9.47 Å². The zero-order valence-corrected chi connectivity index (χ0v) is 14.3. The van der Waals surface area contributed by atoms with Gasteiger partial charge in [-0.15, -0.1) is 0 Å². The third-order valence-corrected chi connectivity index (χ3v) is 5.92. The van der Waals surface area contributed by atoms with Crippen LogP contribution < -0.4 is 0 Å². The molecule has 2 bridgehead atoms. The predicted octanol–water partition coefficient (Wildman–Crippen LogP) is 5.25. The summed E-state index contributed by atoms with van der Waals surface area (Å²) in [5.41, 5.74) is 0.923. The molecule has 4 heteroatoms. The fourth-order valence-electron chi connectivity index (χ4n) is 3.63. The molecule has 2 aliphatic rings. The highest BCUT2D eigenvalue weighted by Crippen LogP contribution is 2.55. The van der Waals surface area contributed by atoms with Gasteiger partial charge in [0.25, 0.3) is 0 Å². The Kier molecular flexibility index (Phi) is 4.03. The van der Waals surface area contributed by atoms with Crippen LogP contribution in [-0.4, -0.2) is 17.3 Å². The second kappa shape index (κ2) is 5.42. The first-order valence-corrected chi connectivity index (χ1v) is 8.36. The number of ether oxygens (including phenoxy) is 2. The second-order valence-corrected chi connectivity index (χ2v) is 7.70. The van der Waals surface area contributed by atoms with Gasteiger partial charge in [-0.3, -0.25) is 0 Å². The average Bonchev–Trinajstić information content (AvgIpc) is 2.92. The fraction of sp³-hybridized carbons (Fsp3) is 0.647. The lowest BCUT2D eigenvalue weighted by Crippen LogP contribution is -2.38. The van der Waals surface area contributed by atoms with Crippen LogP contribution in [0.15, 0.2) is 18.2 Å². The minimum absolute atomic E-state index is 0.0110. The SMILES string of the molecule is CC(C)C12CCC(C)(O1)C(OCc1ccc(Cl)c(Cl)c1)C2. The molecule has 3 rings (SSSR count). The molecule has 0 saturated carbocycles. The number of halogens is 2. The van der Waals surface area contributed by atoms with Crippen LogP contribution in [-0.2, 0) is 16.1 Å². The third kappa shape index (κ3) is 2.72. The Morgan fingerprint density at radius 3 is 2.67 bits per heavy atom. The maximum Gasteiger partial charge on any atom is 0.0924 e. The van der Waals surface area contributed by atoms with Gasteiger partial charge in [0.1, 0.15) is 0 Å². The summed E-state index contributed by atoms with van der Waals surface area (Å²) in [7, 11) is 0. The van der Waals surface area contributed by atoms with Crippen LogP contribution in [0.3, 0.4) is 0 Å². The molecular weight excluding hydrogens is 307 g/mol. The fourth-order valence-corrected chi connectivity index (χ4v) is 3.95. The lowest BCUT2D eigenvalue weighted by Gasteiger charge is -2.31. The molecule has 2 nitrogen and oxygen atoms in total. The van der Waals surface area contributed by atoms with Crippen molar-refractivity contribution in [2.75, 3.05) is 0 Å². The molecule has 0 aliphatic carbocycles. The minimum Gasteiger partial charge on any atom is -0.370 e. The van der Waals surface area contributed by atoms with E-state index in [1.54, 1.807) is 0 Å². The van der Waals surface area contributed by atoms with Crippen LogP contribution in [0, 0.1) is 5.92 Å². The van der Waals surface area contributed by atoms with Gasteiger partial charge in [0.15, 0.2) is 0 Å². The van der Waals surface area contributed by atoms with Crippen LogP contribution >= 0.6 is 23.2 Å². The summed E-state index contributed by atoms with van der Waals surface area (Å²) >= 11 is 12.0. The average molecular weight is 329 g/mol. The van der Waals surface area contributed by atoms with Crippen molar-refractivity contribution in [2.45, 2.75) is 63.9 Å². The molecule has 0 amide bonds. The maximum absolute atomic E-state index is 6.38. The smallest absolute Gasteiger partial charge is 0.0924 e. The van der Waals surface area contributed by atoms with Crippen molar-refractivity contribution in [1.29, 1.82) is 0 Å². The zero-order valence-electron chi connectivity index (χ0n) is 12.8.